The summed E-state index contributed by atoms with van der Waals surface area (Å²) in [6.45, 7) is 2.09. The molecule has 154 valence electrons. The lowest BCUT2D eigenvalue weighted by atomic mass is 10.0. The maximum absolute atomic E-state index is 13.7. The Morgan fingerprint density at radius 1 is 1.07 bits per heavy atom. The number of carbonyl (C=O) groups is 2. The summed E-state index contributed by atoms with van der Waals surface area (Å²) in [4.78, 5) is 30.0. The third-order valence-corrected chi connectivity index (χ3v) is 5.88. The summed E-state index contributed by atoms with van der Waals surface area (Å²) < 4.78 is 7.86. The molecule has 0 radical (unpaired) electrons. The molecule has 2 amide bonds. The highest BCUT2D eigenvalue weighted by atomic mass is 16.3. The predicted molar refractivity (Wildman–Crippen MR) is 113 cm³/mol. The fourth-order valence-electron chi connectivity index (χ4n) is 4.36. The highest BCUT2D eigenvalue weighted by molar-refractivity contribution is 6.00. The van der Waals surface area contributed by atoms with Gasteiger partial charge in [0, 0.05) is 18.7 Å². The topological polar surface area (TPSA) is 58.7 Å². The van der Waals surface area contributed by atoms with E-state index in [0.717, 1.165) is 36.3 Å². The van der Waals surface area contributed by atoms with Crippen molar-refractivity contribution in [1.29, 1.82) is 0 Å². The quantitative estimate of drug-likeness (QED) is 0.617. The Kier molecular flexibility index (Phi) is 4.69. The van der Waals surface area contributed by atoms with Crippen molar-refractivity contribution in [3.8, 4) is 5.69 Å². The third kappa shape index (κ3) is 3.12. The molecule has 1 aromatic carbocycles. The number of rotatable bonds is 6. The molecular weight excluding hydrogens is 378 g/mol. The Hall–Kier alpha value is -3.28. The van der Waals surface area contributed by atoms with Crippen LogP contribution in [0.25, 0.3) is 5.69 Å². The lowest BCUT2D eigenvalue weighted by molar-refractivity contribution is -0.136. The van der Waals surface area contributed by atoms with Crippen LogP contribution in [0.4, 0.5) is 5.69 Å². The van der Waals surface area contributed by atoms with Crippen molar-refractivity contribution in [1.82, 2.24) is 9.47 Å². The first-order valence-electron chi connectivity index (χ1n) is 10.6. The van der Waals surface area contributed by atoms with Gasteiger partial charge in [-0.15, -0.1) is 0 Å². The molecule has 2 aliphatic rings. The zero-order valence-electron chi connectivity index (χ0n) is 17.0. The first-order chi connectivity index (χ1) is 14.7. The van der Waals surface area contributed by atoms with Crippen LogP contribution in [-0.4, -0.2) is 33.9 Å². The van der Waals surface area contributed by atoms with E-state index in [9.17, 15) is 9.59 Å². The number of benzene rings is 1. The Bertz CT molecular complexity index is 1070. The van der Waals surface area contributed by atoms with Gasteiger partial charge < -0.3 is 13.9 Å². The zero-order valence-corrected chi connectivity index (χ0v) is 17.0. The largest absolute Gasteiger partial charge is 0.467 e. The van der Waals surface area contributed by atoms with E-state index in [1.165, 1.54) is 0 Å². The third-order valence-electron chi connectivity index (χ3n) is 5.88. The summed E-state index contributed by atoms with van der Waals surface area (Å²) in [5.74, 6) is 0.680. The highest BCUT2D eigenvalue weighted by Gasteiger charge is 2.40. The Morgan fingerprint density at radius 3 is 2.57 bits per heavy atom. The fourth-order valence-corrected chi connectivity index (χ4v) is 4.36. The molecule has 2 aromatic heterocycles. The minimum Gasteiger partial charge on any atom is -0.467 e. The van der Waals surface area contributed by atoms with Crippen LogP contribution in [0.3, 0.4) is 0 Å². The van der Waals surface area contributed by atoms with Crippen LogP contribution in [0.5, 0.6) is 0 Å². The Morgan fingerprint density at radius 2 is 1.87 bits per heavy atom. The summed E-state index contributed by atoms with van der Waals surface area (Å²) in [5.41, 5.74) is 2.74. The molecule has 6 nitrogen and oxygen atoms in total. The number of anilines is 1. The predicted octanol–water partition coefficient (Wildman–Crippen LogP) is 4.30. The van der Waals surface area contributed by atoms with Gasteiger partial charge >= 0.3 is 0 Å². The van der Waals surface area contributed by atoms with Crippen LogP contribution in [-0.2, 0) is 9.59 Å². The molecule has 1 aliphatic heterocycles. The number of hydrogen-bond donors (Lipinski definition) is 0. The zero-order chi connectivity index (χ0) is 20.7. The molecule has 1 unspecified atom stereocenters. The molecule has 1 saturated carbocycles. The van der Waals surface area contributed by atoms with Crippen LogP contribution in [0.1, 0.15) is 50.1 Å². The second kappa shape index (κ2) is 7.52. The second-order valence-electron chi connectivity index (χ2n) is 7.98. The number of amides is 2. The maximum atomic E-state index is 13.7. The monoisotopic (exact) mass is 403 g/mol. The van der Waals surface area contributed by atoms with Gasteiger partial charge in [-0.2, -0.15) is 0 Å². The van der Waals surface area contributed by atoms with Gasteiger partial charge in [-0.05, 0) is 55.7 Å². The lowest BCUT2D eigenvalue weighted by Gasteiger charge is -2.38. The SMILES string of the molecule is CCCC(=O)N(CC(=O)N1c2ccccc2-n2cccc2C1c1ccco1)C1CC1. The van der Waals surface area contributed by atoms with Crippen LogP contribution in [0.15, 0.2) is 65.4 Å². The van der Waals surface area contributed by atoms with Crippen molar-refractivity contribution in [2.75, 3.05) is 11.4 Å². The molecule has 0 bridgehead atoms. The first kappa shape index (κ1) is 18.7. The molecule has 0 saturated heterocycles. The number of furan rings is 1. The van der Waals surface area contributed by atoms with Crippen molar-refractivity contribution in [3.05, 3.63) is 72.4 Å². The molecule has 1 fully saturated rings. The van der Waals surface area contributed by atoms with E-state index in [2.05, 4.69) is 4.57 Å². The minimum atomic E-state index is -0.375. The molecular formula is C24H25N3O3. The van der Waals surface area contributed by atoms with Crippen LogP contribution in [0.2, 0.25) is 0 Å². The number of para-hydroxylation sites is 2. The van der Waals surface area contributed by atoms with E-state index < -0.39 is 0 Å². The van der Waals surface area contributed by atoms with Crippen LogP contribution < -0.4 is 4.90 Å². The maximum Gasteiger partial charge on any atom is 0.247 e. The summed E-state index contributed by atoms with van der Waals surface area (Å²) >= 11 is 0. The molecule has 1 aliphatic carbocycles. The molecule has 0 spiro atoms. The van der Waals surface area contributed by atoms with Crippen molar-refractivity contribution in [2.24, 2.45) is 0 Å². The normalized spacial score (nSPS) is 17.4. The number of nitrogens with zero attached hydrogens (tertiary/aromatic N) is 3. The number of fused-ring (bicyclic) bond motifs is 3. The van der Waals surface area contributed by atoms with Crippen molar-refractivity contribution in [2.45, 2.75) is 44.7 Å². The summed E-state index contributed by atoms with van der Waals surface area (Å²) in [6.07, 6.45) is 6.85. The fraction of sp³-hybridized carbons (Fsp3) is 0.333. The number of aromatic nitrogens is 1. The van der Waals surface area contributed by atoms with E-state index in [4.69, 9.17) is 4.42 Å². The minimum absolute atomic E-state index is 0.0663. The average Bonchev–Trinajstić information content (AvgIpc) is 3.24. The van der Waals surface area contributed by atoms with Crippen LogP contribution >= 0.6 is 0 Å². The van der Waals surface area contributed by atoms with Crippen molar-refractivity contribution in [3.63, 3.8) is 0 Å². The summed E-state index contributed by atoms with van der Waals surface area (Å²) in [6, 6.07) is 15.4. The van der Waals surface area contributed by atoms with Gasteiger partial charge in [-0.3, -0.25) is 14.5 Å². The lowest BCUT2D eigenvalue weighted by Crippen LogP contribution is -2.47. The smallest absolute Gasteiger partial charge is 0.247 e. The first-order valence-corrected chi connectivity index (χ1v) is 10.6. The summed E-state index contributed by atoms with van der Waals surface area (Å²) in [5, 5.41) is 0. The molecule has 5 rings (SSSR count). The highest BCUT2D eigenvalue weighted by Crippen LogP contribution is 2.42. The standard InChI is InChI=1S/C24H25N3O3/c1-2-7-22(28)26(17-12-13-17)16-23(29)27-19-9-4-3-8-18(19)25-14-5-10-20(25)24(27)21-11-6-15-30-21/h3-6,8-11,14-15,17,24H,2,7,12-13,16H2,1H3. The van der Waals surface area contributed by atoms with Crippen LogP contribution in [0, 0.1) is 0 Å². The van der Waals surface area contributed by atoms with Crippen molar-refractivity contribution >= 4 is 17.5 Å². The van der Waals surface area contributed by atoms with E-state index in [-0.39, 0.29) is 30.4 Å². The van der Waals surface area contributed by atoms with Gasteiger partial charge in [0.1, 0.15) is 18.3 Å². The summed E-state index contributed by atoms with van der Waals surface area (Å²) in [7, 11) is 0. The number of carbonyl (C=O) groups excluding carboxylic acids is 2. The molecule has 6 heteroatoms. The van der Waals surface area contributed by atoms with Gasteiger partial charge in [0.15, 0.2) is 0 Å². The Labute approximate surface area is 175 Å². The van der Waals surface area contributed by atoms with Gasteiger partial charge in [0.2, 0.25) is 11.8 Å². The van der Waals surface area contributed by atoms with Gasteiger partial charge in [-0.1, -0.05) is 19.1 Å². The van der Waals surface area contributed by atoms with Gasteiger partial charge in [0.25, 0.3) is 0 Å². The molecule has 3 heterocycles. The van der Waals surface area contributed by atoms with E-state index >= 15 is 0 Å². The molecule has 0 N–H and O–H groups in total. The number of hydrogen-bond acceptors (Lipinski definition) is 3. The molecule has 30 heavy (non-hydrogen) atoms. The average molecular weight is 403 g/mol. The molecule has 3 aromatic rings. The van der Waals surface area contributed by atoms with E-state index in [0.29, 0.717) is 12.2 Å². The van der Waals surface area contributed by atoms with Gasteiger partial charge in [0.05, 0.1) is 23.3 Å². The van der Waals surface area contributed by atoms with E-state index in [1.807, 2.05) is 61.7 Å². The second-order valence-corrected chi connectivity index (χ2v) is 7.98. The molecule has 1 atom stereocenters. The van der Waals surface area contributed by atoms with E-state index in [1.54, 1.807) is 16.1 Å². The van der Waals surface area contributed by atoms with Crippen molar-refractivity contribution < 1.29 is 14.0 Å². The van der Waals surface area contributed by atoms with Gasteiger partial charge in [-0.25, -0.2) is 0 Å². The Balaban J connectivity index is 1.56.